The number of hydrogen-bond donors (Lipinski definition) is 1. The van der Waals surface area contributed by atoms with E-state index in [1.54, 1.807) is 37.3 Å². The van der Waals surface area contributed by atoms with E-state index in [4.69, 9.17) is 13.9 Å². The number of benzene rings is 2. The summed E-state index contributed by atoms with van der Waals surface area (Å²) in [5.74, 6) is 0.234. The largest absolute Gasteiger partial charge is 0.507 e. The van der Waals surface area contributed by atoms with E-state index in [1.807, 2.05) is 32.0 Å². The Labute approximate surface area is 184 Å². The van der Waals surface area contributed by atoms with Crippen LogP contribution in [0.3, 0.4) is 0 Å². The van der Waals surface area contributed by atoms with Gasteiger partial charge in [0.15, 0.2) is 11.5 Å². The SMILES string of the molecule is Cc1cc(C)cc(N2C(=O)C(=O)/C(=C(\O)c3ccc4c(c3)OCO4)C2c2ccc(C)o2)c1. The number of ether oxygens (including phenoxy) is 2. The minimum Gasteiger partial charge on any atom is -0.507 e. The summed E-state index contributed by atoms with van der Waals surface area (Å²) >= 11 is 0. The molecular weight excluding hydrogens is 410 g/mol. The molecule has 0 saturated carbocycles. The third-order valence-corrected chi connectivity index (χ3v) is 5.61. The van der Waals surface area contributed by atoms with Gasteiger partial charge >= 0.3 is 0 Å². The van der Waals surface area contributed by atoms with Gasteiger partial charge in [-0.05, 0) is 74.4 Å². The summed E-state index contributed by atoms with van der Waals surface area (Å²) in [6, 6.07) is 13.1. The number of ketones is 1. The maximum Gasteiger partial charge on any atom is 0.300 e. The number of furan rings is 1. The molecule has 2 aliphatic rings. The molecule has 1 amide bonds. The molecule has 1 N–H and O–H groups in total. The first-order valence-corrected chi connectivity index (χ1v) is 10.2. The van der Waals surface area contributed by atoms with Gasteiger partial charge in [-0.15, -0.1) is 0 Å². The van der Waals surface area contributed by atoms with Gasteiger partial charge in [0.2, 0.25) is 6.79 Å². The molecule has 0 bridgehead atoms. The molecule has 3 heterocycles. The molecule has 2 aliphatic heterocycles. The molecule has 1 fully saturated rings. The average molecular weight is 431 g/mol. The Morgan fingerprint density at radius 1 is 0.938 bits per heavy atom. The molecule has 5 rings (SSSR count). The summed E-state index contributed by atoms with van der Waals surface area (Å²) in [7, 11) is 0. The smallest absolute Gasteiger partial charge is 0.300 e. The Kier molecular flexibility index (Phi) is 4.55. The molecule has 3 aromatic rings. The van der Waals surface area contributed by atoms with Crippen LogP contribution in [-0.4, -0.2) is 23.6 Å². The Morgan fingerprint density at radius 3 is 2.34 bits per heavy atom. The predicted octanol–water partition coefficient (Wildman–Crippen LogP) is 4.56. The lowest BCUT2D eigenvalue weighted by Gasteiger charge is -2.24. The fraction of sp³-hybridized carbons (Fsp3) is 0.200. The number of carbonyl (C=O) groups is 2. The molecule has 7 nitrogen and oxygen atoms in total. The van der Waals surface area contributed by atoms with E-state index in [0.29, 0.717) is 34.3 Å². The van der Waals surface area contributed by atoms with Crippen molar-refractivity contribution < 1.29 is 28.6 Å². The van der Waals surface area contributed by atoms with Crippen LogP contribution in [0.2, 0.25) is 0 Å². The molecule has 1 atom stereocenters. The summed E-state index contributed by atoms with van der Waals surface area (Å²) in [5.41, 5.74) is 2.77. The molecule has 162 valence electrons. The van der Waals surface area contributed by atoms with Gasteiger partial charge in [-0.1, -0.05) is 6.07 Å². The predicted molar refractivity (Wildman–Crippen MR) is 117 cm³/mol. The minimum absolute atomic E-state index is 0.0395. The molecule has 1 aromatic heterocycles. The van der Waals surface area contributed by atoms with Gasteiger partial charge in [0.05, 0.1) is 5.57 Å². The monoisotopic (exact) mass is 431 g/mol. The fourth-order valence-electron chi connectivity index (χ4n) is 4.26. The summed E-state index contributed by atoms with van der Waals surface area (Å²) in [5, 5.41) is 11.2. The number of hydrogen-bond acceptors (Lipinski definition) is 6. The molecule has 2 aromatic carbocycles. The van der Waals surface area contributed by atoms with Crippen molar-refractivity contribution in [3.8, 4) is 11.5 Å². The topological polar surface area (TPSA) is 89.2 Å². The van der Waals surface area contributed by atoms with Crippen LogP contribution in [0.25, 0.3) is 5.76 Å². The molecule has 32 heavy (non-hydrogen) atoms. The number of rotatable bonds is 3. The van der Waals surface area contributed by atoms with Crippen LogP contribution in [-0.2, 0) is 9.59 Å². The van der Waals surface area contributed by atoms with E-state index in [9.17, 15) is 14.7 Å². The molecule has 7 heteroatoms. The number of nitrogens with zero attached hydrogens (tertiary/aromatic N) is 1. The number of aryl methyl sites for hydroxylation is 3. The van der Waals surface area contributed by atoms with Gasteiger partial charge < -0.3 is 19.0 Å². The zero-order chi connectivity index (χ0) is 22.6. The van der Waals surface area contributed by atoms with E-state index in [1.165, 1.54) is 4.90 Å². The van der Waals surface area contributed by atoms with Crippen LogP contribution < -0.4 is 14.4 Å². The maximum absolute atomic E-state index is 13.2. The van der Waals surface area contributed by atoms with Crippen molar-refractivity contribution in [2.45, 2.75) is 26.8 Å². The highest BCUT2D eigenvalue weighted by Gasteiger charge is 2.48. The van der Waals surface area contributed by atoms with E-state index in [0.717, 1.165) is 11.1 Å². The third-order valence-electron chi connectivity index (χ3n) is 5.61. The number of aliphatic hydroxyl groups is 1. The second-order valence-corrected chi connectivity index (χ2v) is 8.03. The van der Waals surface area contributed by atoms with Crippen LogP contribution in [0, 0.1) is 20.8 Å². The zero-order valence-corrected chi connectivity index (χ0v) is 17.8. The first-order chi connectivity index (χ1) is 15.3. The average Bonchev–Trinajstić information content (AvgIpc) is 3.45. The highest BCUT2D eigenvalue weighted by molar-refractivity contribution is 6.51. The summed E-state index contributed by atoms with van der Waals surface area (Å²) in [6.07, 6.45) is 0. The summed E-state index contributed by atoms with van der Waals surface area (Å²) in [6.45, 7) is 5.71. The number of anilines is 1. The highest BCUT2D eigenvalue weighted by Crippen LogP contribution is 2.44. The number of aliphatic hydroxyl groups excluding tert-OH is 1. The summed E-state index contributed by atoms with van der Waals surface area (Å²) in [4.78, 5) is 27.8. The van der Waals surface area contributed by atoms with Crippen LogP contribution in [0.1, 0.15) is 34.3 Å². The lowest BCUT2D eigenvalue weighted by atomic mass is 9.98. The Morgan fingerprint density at radius 2 is 1.66 bits per heavy atom. The number of fused-ring (bicyclic) bond motifs is 1. The Bertz CT molecular complexity index is 1280. The zero-order valence-electron chi connectivity index (χ0n) is 17.8. The summed E-state index contributed by atoms with van der Waals surface area (Å²) < 4.78 is 16.5. The van der Waals surface area contributed by atoms with Gasteiger partial charge in [0.1, 0.15) is 23.3 Å². The molecule has 1 saturated heterocycles. The second kappa shape index (κ2) is 7.30. The van der Waals surface area contributed by atoms with Crippen molar-refractivity contribution in [2.24, 2.45) is 0 Å². The maximum atomic E-state index is 13.2. The molecule has 1 unspecified atom stereocenters. The van der Waals surface area contributed by atoms with E-state index >= 15 is 0 Å². The van der Waals surface area contributed by atoms with Gasteiger partial charge in [-0.2, -0.15) is 0 Å². The standard InChI is InChI=1S/C25H21NO6/c1-13-8-14(2)10-17(9-13)26-22(19-6-4-15(3)32-19)21(24(28)25(26)29)23(27)16-5-7-18-20(11-16)31-12-30-18/h4-11,22,27H,12H2,1-3H3/b23-21-. The van der Waals surface area contributed by atoms with Gasteiger partial charge in [-0.25, -0.2) is 0 Å². The van der Waals surface area contributed by atoms with Crippen molar-refractivity contribution in [3.63, 3.8) is 0 Å². The molecule has 0 radical (unpaired) electrons. The van der Waals surface area contributed by atoms with E-state index < -0.39 is 17.7 Å². The molecule has 0 spiro atoms. The number of carbonyl (C=O) groups excluding carboxylic acids is 2. The molecular formula is C25H21NO6. The van der Waals surface area contributed by atoms with Crippen molar-refractivity contribution in [1.29, 1.82) is 0 Å². The van der Waals surface area contributed by atoms with Crippen LogP contribution in [0.5, 0.6) is 11.5 Å². The van der Waals surface area contributed by atoms with Crippen molar-refractivity contribution in [3.05, 3.63) is 82.3 Å². The first kappa shape index (κ1) is 19.9. The van der Waals surface area contributed by atoms with Crippen molar-refractivity contribution in [2.75, 3.05) is 11.7 Å². The fourth-order valence-corrected chi connectivity index (χ4v) is 4.26. The quantitative estimate of drug-likeness (QED) is 0.372. The highest BCUT2D eigenvalue weighted by atomic mass is 16.7. The Hall–Kier alpha value is -4.00. The number of amides is 1. The molecule has 0 aliphatic carbocycles. The minimum atomic E-state index is -0.907. The van der Waals surface area contributed by atoms with Crippen LogP contribution in [0.15, 0.2) is 58.5 Å². The van der Waals surface area contributed by atoms with E-state index in [2.05, 4.69) is 0 Å². The normalized spacial score (nSPS) is 19.1. The number of Topliss-reactive ketones (excluding diaryl/α,β-unsaturated/α-hetero) is 1. The first-order valence-electron chi connectivity index (χ1n) is 10.2. The van der Waals surface area contributed by atoms with E-state index in [-0.39, 0.29) is 18.1 Å². The second-order valence-electron chi connectivity index (χ2n) is 8.03. The van der Waals surface area contributed by atoms with Gasteiger partial charge in [0.25, 0.3) is 11.7 Å². The van der Waals surface area contributed by atoms with Crippen molar-refractivity contribution in [1.82, 2.24) is 0 Å². The van der Waals surface area contributed by atoms with Crippen molar-refractivity contribution >= 4 is 23.1 Å². The lowest BCUT2D eigenvalue weighted by molar-refractivity contribution is -0.132. The van der Waals surface area contributed by atoms with Crippen LogP contribution in [0.4, 0.5) is 5.69 Å². The lowest BCUT2D eigenvalue weighted by Crippen LogP contribution is -2.29. The Balaban J connectivity index is 1.71. The third kappa shape index (κ3) is 3.13. The van der Waals surface area contributed by atoms with Crippen LogP contribution >= 0.6 is 0 Å². The van der Waals surface area contributed by atoms with Gasteiger partial charge in [0, 0.05) is 11.3 Å². The van der Waals surface area contributed by atoms with Gasteiger partial charge in [-0.3, -0.25) is 14.5 Å².